The molecule has 3 nitrogen and oxygen atoms in total. The minimum Gasteiger partial charge on any atom is -0.483 e. The largest absolute Gasteiger partial charge is 0.483 e. The van der Waals surface area contributed by atoms with Gasteiger partial charge in [-0.15, -0.1) is 0 Å². The number of ether oxygens (including phenoxy) is 1. The van der Waals surface area contributed by atoms with Gasteiger partial charge in [-0.05, 0) is 19.1 Å². The first-order valence-electron chi connectivity index (χ1n) is 3.47. The molecule has 0 saturated heterocycles. The van der Waals surface area contributed by atoms with E-state index in [1.165, 1.54) is 6.40 Å². The Labute approximate surface area is 65.8 Å². The summed E-state index contributed by atoms with van der Waals surface area (Å²) in [5.41, 5.74) is 0.806. The molecule has 0 atom stereocenters. The van der Waals surface area contributed by atoms with Crippen LogP contribution in [0.5, 0.6) is 0 Å². The molecule has 0 fully saturated rings. The van der Waals surface area contributed by atoms with Gasteiger partial charge in [-0.25, -0.2) is 4.99 Å². The first kappa shape index (κ1) is 7.72. The van der Waals surface area contributed by atoms with E-state index in [1.54, 1.807) is 12.4 Å². The lowest BCUT2D eigenvalue weighted by atomic mass is 10.4. The molecule has 0 aromatic carbocycles. The van der Waals surface area contributed by atoms with E-state index in [1.807, 2.05) is 19.1 Å². The summed E-state index contributed by atoms with van der Waals surface area (Å²) >= 11 is 0. The Morgan fingerprint density at radius 2 is 2.64 bits per heavy atom. The molecule has 0 aliphatic carbocycles. The van der Waals surface area contributed by atoms with E-state index in [0.717, 1.165) is 5.69 Å². The fraction of sp³-hybridized carbons (Fsp3) is 0.250. The molecule has 0 amide bonds. The normalized spacial score (nSPS) is 10.3. The maximum atomic E-state index is 4.92. The van der Waals surface area contributed by atoms with Gasteiger partial charge in [0.05, 0.1) is 18.5 Å². The van der Waals surface area contributed by atoms with Crippen molar-refractivity contribution in [1.29, 1.82) is 0 Å². The van der Waals surface area contributed by atoms with E-state index in [0.29, 0.717) is 6.61 Å². The number of aliphatic imine (C=N–C) groups is 1. The number of hydrogen-bond acceptors (Lipinski definition) is 3. The highest BCUT2D eigenvalue weighted by Crippen LogP contribution is 2.05. The quantitative estimate of drug-likeness (QED) is 0.486. The molecule has 11 heavy (non-hydrogen) atoms. The predicted octanol–water partition coefficient (Wildman–Crippen LogP) is 1.78. The third kappa shape index (κ3) is 2.80. The van der Waals surface area contributed by atoms with E-state index in [4.69, 9.17) is 4.74 Å². The monoisotopic (exact) mass is 150 g/mol. The lowest BCUT2D eigenvalue weighted by molar-refractivity contribution is 0.344. The summed E-state index contributed by atoms with van der Waals surface area (Å²) in [4.78, 5) is 7.88. The van der Waals surface area contributed by atoms with Crippen molar-refractivity contribution in [3.8, 4) is 0 Å². The van der Waals surface area contributed by atoms with Crippen molar-refractivity contribution >= 4 is 12.1 Å². The molecule has 0 bridgehead atoms. The Bertz CT molecular complexity index is 221. The number of rotatable bonds is 3. The minimum atomic E-state index is 0.643. The molecule has 0 spiro atoms. The van der Waals surface area contributed by atoms with Crippen molar-refractivity contribution in [3.63, 3.8) is 0 Å². The highest BCUT2D eigenvalue weighted by Gasteiger charge is 1.82. The first-order chi connectivity index (χ1) is 5.43. The van der Waals surface area contributed by atoms with Crippen LogP contribution in [0.1, 0.15) is 6.92 Å². The number of pyridine rings is 1. The SMILES string of the molecule is CCOC=Nc1cccnc1. The highest BCUT2D eigenvalue weighted by atomic mass is 16.5. The Kier molecular flexibility index (Phi) is 3.12. The molecular weight excluding hydrogens is 140 g/mol. The summed E-state index contributed by atoms with van der Waals surface area (Å²) in [6.45, 7) is 2.55. The van der Waals surface area contributed by atoms with Gasteiger partial charge in [0.15, 0.2) is 6.40 Å². The van der Waals surface area contributed by atoms with Crippen molar-refractivity contribution in [2.24, 2.45) is 4.99 Å². The van der Waals surface area contributed by atoms with Gasteiger partial charge in [-0.2, -0.15) is 0 Å². The Balaban J connectivity index is 2.50. The van der Waals surface area contributed by atoms with Crippen LogP contribution >= 0.6 is 0 Å². The van der Waals surface area contributed by atoms with Crippen LogP contribution < -0.4 is 0 Å². The van der Waals surface area contributed by atoms with E-state index in [2.05, 4.69) is 9.98 Å². The van der Waals surface area contributed by atoms with Crippen LogP contribution in [0.2, 0.25) is 0 Å². The average molecular weight is 150 g/mol. The zero-order chi connectivity index (χ0) is 7.94. The molecule has 0 saturated carbocycles. The first-order valence-corrected chi connectivity index (χ1v) is 3.47. The number of aromatic nitrogens is 1. The van der Waals surface area contributed by atoms with E-state index < -0.39 is 0 Å². The minimum absolute atomic E-state index is 0.643. The molecule has 3 heteroatoms. The standard InChI is InChI=1S/C8H10N2O/c1-2-11-7-10-8-4-3-5-9-6-8/h3-7H,2H2,1H3. The molecule has 0 unspecified atom stereocenters. The van der Waals surface area contributed by atoms with Gasteiger partial charge in [0, 0.05) is 6.20 Å². The van der Waals surface area contributed by atoms with Crippen molar-refractivity contribution in [1.82, 2.24) is 4.98 Å². The van der Waals surface area contributed by atoms with Gasteiger partial charge in [0.2, 0.25) is 0 Å². The lowest BCUT2D eigenvalue weighted by Gasteiger charge is -1.91. The summed E-state index contributed by atoms with van der Waals surface area (Å²) in [6, 6.07) is 3.70. The van der Waals surface area contributed by atoms with E-state index in [9.17, 15) is 0 Å². The maximum absolute atomic E-state index is 4.92. The molecular formula is C8H10N2O. The van der Waals surface area contributed by atoms with Crippen molar-refractivity contribution in [3.05, 3.63) is 24.5 Å². The molecule has 1 heterocycles. The average Bonchev–Trinajstić information content (AvgIpc) is 2.07. The van der Waals surface area contributed by atoms with Crippen LogP contribution in [0.4, 0.5) is 5.69 Å². The highest BCUT2D eigenvalue weighted by molar-refractivity contribution is 5.54. The van der Waals surface area contributed by atoms with Crippen molar-refractivity contribution in [2.45, 2.75) is 6.92 Å². The number of nitrogens with zero attached hydrogens (tertiary/aromatic N) is 2. The van der Waals surface area contributed by atoms with Crippen LogP contribution in [-0.4, -0.2) is 18.0 Å². The zero-order valence-corrected chi connectivity index (χ0v) is 6.40. The van der Waals surface area contributed by atoms with E-state index >= 15 is 0 Å². The summed E-state index contributed by atoms with van der Waals surface area (Å²) in [7, 11) is 0. The molecule has 0 N–H and O–H groups in total. The maximum Gasteiger partial charge on any atom is 0.174 e. The third-order valence-corrected chi connectivity index (χ3v) is 1.09. The van der Waals surface area contributed by atoms with Crippen molar-refractivity contribution < 1.29 is 4.74 Å². The van der Waals surface area contributed by atoms with Gasteiger partial charge >= 0.3 is 0 Å². The van der Waals surface area contributed by atoms with Crippen LogP contribution in [0.3, 0.4) is 0 Å². The van der Waals surface area contributed by atoms with Crippen LogP contribution in [0, 0.1) is 0 Å². The lowest BCUT2D eigenvalue weighted by Crippen LogP contribution is -1.83. The number of hydrogen-bond donors (Lipinski definition) is 0. The third-order valence-electron chi connectivity index (χ3n) is 1.09. The molecule has 58 valence electrons. The fourth-order valence-corrected chi connectivity index (χ4v) is 0.603. The molecule has 0 aliphatic rings. The van der Waals surface area contributed by atoms with Gasteiger partial charge in [-0.1, -0.05) is 0 Å². The van der Waals surface area contributed by atoms with Gasteiger partial charge in [-0.3, -0.25) is 4.98 Å². The van der Waals surface area contributed by atoms with Gasteiger partial charge in [0.1, 0.15) is 0 Å². The second kappa shape index (κ2) is 4.44. The Morgan fingerprint density at radius 1 is 1.73 bits per heavy atom. The Morgan fingerprint density at radius 3 is 3.27 bits per heavy atom. The topological polar surface area (TPSA) is 34.5 Å². The second-order valence-corrected chi connectivity index (χ2v) is 1.90. The summed E-state index contributed by atoms with van der Waals surface area (Å²) < 4.78 is 4.92. The van der Waals surface area contributed by atoms with Crippen LogP contribution in [0.25, 0.3) is 0 Å². The summed E-state index contributed by atoms with van der Waals surface area (Å²) in [6.07, 6.45) is 4.81. The molecule has 0 aliphatic heterocycles. The van der Waals surface area contributed by atoms with E-state index in [-0.39, 0.29) is 0 Å². The second-order valence-electron chi connectivity index (χ2n) is 1.90. The molecule has 0 radical (unpaired) electrons. The smallest absolute Gasteiger partial charge is 0.174 e. The molecule has 1 rings (SSSR count). The van der Waals surface area contributed by atoms with Crippen LogP contribution in [-0.2, 0) is 4.74 Å². The van der Waals surface area contributed by atoms with Crippen LogP contribution in [0.15, 0.2) is 29.5 Å². The molecule has 1 aromatic rings. The van der Waals surface area contributed by atoms with Crippen molar-refractivity contribution in [2.75, 3.05) is 6.61 Å². The molecule has 1 aromatic heterocycles. The Hall–Kier alpha value is -1.38. The van der Waals surface area contributed by atoms with Gasteiger partial charge < -0.3 is 4.74 Å². The zero-order valence-electron chi connectivity index (χ0n) is 6.40. The fourth-order valence-electron chi connectivity index (χ4n) is 0.603. The predicted molar refractivity (Wildman–Crippen MR) is 44.0 cm³/mol. The summed E-state index contributed by atoms with van der Waals surface area (Å²) in [5, 5.41) is 0. The van der Waals surface area contributed by atoms with Gasteiger partial charge in [0.25, 0.3) is 0 Å². The summed E-state index contributed by atoms with van der Waals surface area (Å²) in [5.74, 6) is 0.